The zero-order chi connectivity index (χ0) is 18.5. The Bertz CT molecular complexity index is 844. The molecule has 1 unspecified atom stereocenters. The normalized spacial score (nSPS) is 17.3. The topological polar surface area (TPSA) is 102 Å². The highest BCUT2D eigenvalue weighted by molar-refractivity contribution is 5.76. The highest BCUT2D eigenvalue weighted by atomic mass is 16.4. The fourth-order valence-corrected chi connectivity index (χ4v) is 3.45. The summed E-state index contributed by atoms with van der Waals surface area (Å²) in [6.07, 6.45) is 8.61. The van der Waals surface area contributed by atoms with Crippen molar-refractivity contribution < 1.29 is 9.21 Å². The van der Waals surface area contributed by atoms with E-state index in [2.05, 4.69) is 30.5 Å². The molecule has 0 spiro atoms. The van der Waals surface area contributed by atoms with Gasteiger partial charge in [0.1, 0.15) is 0 Å². The Balaban J connectivity index is 1.24. The first-order valence-corrected chi connectivity index (χ1v) is 9.35. The maximum atomic E-state index is 12.2. The van der Waals surface area contributed by atoms with Crippen molar-refractivity contribution in [2.75, 3.05) is 24.5 Å². The molecule has 1 fully saturated rings. The summed E-state index contributed by atoms with van der Waals surface area (Å²) < 4.78 is 7.58. The van der Waals surface area contributed by atoms with E-state index in [4.69, 9.17) is 4.42 Å². The lowest BCUT2D eigenvalue weighted by Crippen LogP contribution is -2.38. The molecule has 1 aliphatic heterocycles. The predicted molar refractivity (Wildman–Crippen MR) is 99.0 cm³/mol. The number of hydrogen-bond acceptors (Lipinski definition) is 7. The van der Waals surface area contributed by atoms with E-state index in [0.29, 0.717) is 36.1 Å². The van der Waals surface area contributed by atoms with E-state index in [9.17, 15) is 4.79 Å². The number of hydrogen-bond donors (Lipinski definition) is 1. The van der Waals surface area contributed by atoms with E-state index in [1.807, 2.05) is 18.3 Å². The van der Waals surface area contributed by atoms with Crippen molar-refractivity contribution in [2.45, 2.75) is 32.2 Å². The fraction of sp³-hybridized carbons (Fsp3) is 0.500. The summed E-state index contributed by atoms with van der Waals surface area (Å²) in [6.45, 7) is 3.07. The first-order chi connectivity index (χ1) is 13.3. The van der Waals surface area contributed by atoms with Gasteiger partial charge in [-0.05, 0) is 37.3 Å². The minimum absolute atomic E-state index is 0.0969. The number of aryl methyl sites for hydroxylation is 1. The molecule has 27 heavy (non-hydrogen) atoms. The van der Waals surface area contributed by atoms with Gasteiger partial charge in [0.25, 0.3) is 6.01 Å². The van der Waals surface area contributed by atoms with Crippen molar-refractivity contribution in [1.29, 1.82) is 0 Å². The van der Waals surface area contributed by atoms with Crippen molar-refractivity contribution in [2.24, 2.45) is 5.92 Å². The van der Waals surface area contributed by atoms with Gasteiger partial charge in [-0.2, -0.15) is 4.98 Å². The Hall–Kier alpha value is -2.97. The number of amides is 1. The molecule has 142 valence electrons. The Labute approximate surface area is 156 Å². The molecule has 1 atom stereocenters. The Morgan fingerprint density at radius 3 is 3.19 bits per heavy atom. The van der Waals surface area contributed by atoms with Crippen LogP contribution in [-0.4, -0.2) is 50.5 Å². The summed E-state index contributed by atoms with van der Waals surface area (Å²) >= 11 is 0. The Kier molecular flexibility index (Phi) is 5.27. The smallest absolute Gasteiger partial charge is 0.299 e. The third-order valence-electron chi connectivity index (χ3n) is 4.78. The third-order valence-corrected chi connectivity index (χ3v) is 4.78. The molecular weight excluding hydrogens is 346 g/mol. The van der Waals surface area contributed by atoms with Crippen molar-refractivity contribution in [3.63, 3.8) is 0 Å². The minimum Gasteiger partial charge on any atom is -0.422 e. The number of nitrogens with zero attached hydrogens (tertiary/aromatic N) is 6. The highest BCUT2D eigenvalue weighted by Crippen LogP contribution is 2.26. The number of oxazole rings is 1. The summed E-state index contributed by atoms with van der Waals surface area (Å²) in [6, 6.07) is 4.30. The number of rotatable bonds is 7. The quantitative estimate of drug-likeness (QED) is 0.632. The van der Waals surface area contributed by atoms with Gasteiger partial charge in [-0.1, -0.05) is 5.21 Å². The lowest BCUT2D eigenvalue weighted by molar-refractivity contribution is -0.122. The van der Waals surface area contributed by atoms with Gasteiger partial charge in [0, 0.05) is 45.0 Å². The van der Waals surface area contributed by atoms with Gasteiger partial charge in [0.15, 0.2) is 5.58 Å². The second-order valence-electron chi connectivity index (χ2n) is 6.85. The van der Waals surface area contributed by atoms with Crippen LogP contribution < -0.4 is 10.2 Å². The number of fused-ring (bicyclic) bond motifs is 1. The van der Waals surface area contributed by atoms with Crippen LogP contribution in [0.15, 0.2) is 35.1 Å². The fourth-order valence-electron chi connectivity index (χ4n) is 3.45. The number of carbonyl (C=O) groups excluding carboxylic acids is 1. The Morgan fingerprint density at radius 2 is 2.33 bits per heavy atom. The van der Waals surface area contributed by atoms with Crippen molar-refractivity contribution >= 4 is 23.2 Å². The summed E-state index contributed by atoms with van der Waals surface area (Å²) in [5.74, 6) is 0.400. The number of nitrogens with one attached hydrogen (secondary N) is 1. The molecule has 0 saturated carbocycles. The van der Waals surface area contributed by atoms with Crippen LogP contribution in [0, 0.1) is 5.92 Å². The third kappa shape index (κ3) is 4.42. The molecule has 3 aromatic heterocycles. The first kappa shape index (κ1) is 17.4. The number of anilines is 1. The van der Waals surface area contributed by atoms with Gasteiger partial charge in [0.05, 0.1) is 6.20 Å². The van der Waals surface area contributed by atoms with Crippen LogP contribution in [0.3, 0.4) is 0 Å². The van der Waals surface area contributed by atoms with Crippen LogP contribution in [-0.2, 0) is 11.3 Å². The van der Waals surface area contributed by atoms with Gasteiger partial charge in [-0.25, -0.2) is 4.98 Å². The first-order valence-electron chi connectivity index (χ1n) is 9.35. The molecule has 1 aliphatic rings. The van der Waals surface area contributed by atoms with E-state index in [1.165, 1.54) is 0 Å². The molecule has 0 radical (unpaired) electrons. The molecule has 0 bridgehead atoms. The van der Waals surface area contributed by atoms with Crippen LogP contribution in [0.5, 0.6) is 0 Å². The average Bonchev–Trinajstić information content (AvgIpc) is 3.35. The summed E-state index contributed by atoms with van der Waals surface area (Å²) in [4.78, 5) is 23.0. The largest absolute Gasteiger partial charge is 0.422 e. The number of piperidine rings is 1. The highest BCUT2D eigenvalue weighted by Gasteiger charge is 2.25. The minimum atomic E-state index is 0.0969. The van der Waals surface area contributed by atoms with Crippen molar-refractivity contribution in [1.82, 2.24) is 30.3 Å². The van der Waals surface area contributed by atoms with Gasteiger partial charge >= 0.3 is 0 Å². The molecule has 0 aliphatic carbocycles. The summed E-state index contributed by atoms with van der Waals surface area (Å²) in [5, 5.41) is 10.7. The maximum Gasteiger partial charge on any atom is 0.299 e. The second kappa shape index (κ2) is 8.15. The zero-order valence-electron chi connectivity index (χ0n) is 15.1. The van der Waals surface area contributed by atoms with Crippen LogP contribution in [0.2, 0.25) is 0 Å². The molecular formula is C18H23N7O2. The van der Waals surface area contributed by atoms with Gasteiger partial charge in [-0.3, -0.25) is 9.48 Å². The molecule has 9 nitrogen and oxygen atoms in total. The van der Waals surface area contributed by atoms with Crippen LogP contribution in [0.4, 0.5) is 6.01 Å². The van der Waals surface area contributed by atoms with Gasteiger partial charge < -0.3 is 14.6 Å². The van der Waals surface area contributed by atoms with Gasteiger partial charge in [0.2, 0.25) is 11.6 Å². The van der Waals surface area contributed by atoms with Crippen molar-refractivity contribution in [3.8, 4) is 0 Å². The molecule has 1 amide bonds. The van der Waals surface area contributed by atoms with Crippen LogP contribution in [0.25, 0.3) is 11.2 Å². The molecule has 1 saturated heterocycles. The molecule has 4 rings (SSSR count). The lowest BCUT2D eigenvalue weighted by atomic mass is 9.94. The SMILES string of the molecule is O=C(CC1CCCN(c2nc3ncccc3o2)C1)NCCCn1ccnn1. The van der Waals surface area contributed by atoms with Gasteiger partial charge in [-0.15, -0.1) is 5.10 Å². The molecule has 3 aromatic rings. The van der Waals surface area contributed by atoms with E-state index >= 15 is 0 Å². The van der Waals surface area contributed by atoms with Crippen LogP contribution in [0.1, 0.15) is 25.7 Å². The van der Waals surface area contributed by atoms with E-state index in [0.717, 1.165) is 38.9 Å². The van der Waals surface area contributed by atoms with E-state index in [-0.39, 0.29) is 5.91 Å². The lowest BCUT2D eigenvalue weighted by Gasteiger charge is -2.31. The summed E-state index contributed by atoms with van der Waals surface area (Å²) in [5.41, 5.74) is 1.32. The number of aromatic nitrogens is 5. The average molecular weight is 369 g/mol. The standard InChI is InChI=1S/C18H23N7O2/c26-16(19-7-3-10-25-11-8-21-23-25)12-14-4-2-9-24(13-14)18-22-17-15(27-18)5-1-6-20-17/h1,5-6,8,11,14H,2-4,7,9-10,12-13H2,(H,19,26). The Morgan fingerprint density at radius 1 is 1.37 bits per heavy atom. The molecule has 1 N–H and O–H groups in total. The van der Waals surface area contributed by atoms with Crippen molar-refractivity contribution in [3.05, 3.63) is 30.7 Å². The molecule has 0 aromatic carbocycles. The monoisotopic (exact) mass is 369 g/mol. The number of carbonyl (C=O) groups is 1. The maximum absolute atomic E-state index is 12.2. The summed E-state index contributed by atoms with van der Waals surface area (Å²) in [7, 11) is 0. The molecule has 9 heteroatoms. The second-order valence-corrected chi connectivity index (χ2v) is 6.85. The number of pyridine rings is 1. The molecule has 4 heterocycles. The predicted octanol–water partition coefficient (Wildman–Crippen LogP) is 1.63. The van der Waals surface area contributed by atoms with E-state index in [1.54, 1.807) is 17.1 Å². The van der Waals surface area contributed by atoms with Crippen LogP contribution >= 0.6 is 0 Å². The van der Waals surface area contributed by atoms with E-state index < -0.39 is 0 Å². The zero-order valence-corrected chi connectivity index (χ0v) is 15.1.